The van der Waals surface area contributed by atoms with Crippen molar-refractivity contribution in [3.63, 3.8) is 0 Å². The number of hydrogen-bond donors (Lipinski definition) is 0. The van der Waals surface area contributed by atoms with E-state index < -0.39 is 11.7 Å². The van der Waals surface area contributed by atoms with Crippen LogP contribution in [0.25, 0.3) is 0 Å². The van der Waals surface area contributed by atoms with Gasteiger partial charge in [0.2, 0.25) is 0 Å². The Hall–Kier alpha value is -0.910. The molecule has 6 heteroatoms. The Morgan fingerprint density at radius 3 is 2.13 bits per heavy atom. The van der Waals surface area contributed by atoms with Gasteiger partial charge in [0, 0.05) is 0 Å². The highest BCUT2D eigenvalue weighted by molar-refractivity contribution is 9.10. The lowest BCUT2D eigenvalue weighted by molar-refractivity contribution is -0.138. The van der Waals surface area contributed by atoms with Crippen LogP contribution in [0.5, 0.6) is 11.5 Å². The van der Waals surface area contributed by atoms with Gasteiger partial charge < -0.3 is 9.47 Å². The molecule has 0 N–H and O–H groups in total. The summed E-state index contributed by atoms with van der Waals surface area (Å²) < 4.78 is 47.4. The van der Waals surface area contributed by atoms with Crippen LogP contribution in [-0.2, 0) is 6.18 Å². The quantitative estimate of drug-likeness (QED) is 0.828. The molecule has 0 unspecified atom stereocenters. The van der Waals surface area contributed by atoms with Gasteiger partial charge in [0.25, 0.3) is 0 Å². The predicted octanol–water partition coefficient (Wildman–Crippen LogP) is 3.49. The van der Waals surface area contributed by atoms with E-state index in [1.807, 2.05) is 0 Å². The fraction of sp³-hybridized carbons (Fsp3) is 0.333. The van der Waals surface area contributed by atoms with Crippen LogP contribution in [0.4, 0.5) is 13.2 Å². The van der Waals surface area contributed by atoms with Crippen molar-refractivity contribution in [2.24, 2.45) is 0 Å². The lowest BCUT2D eigenvalue weighted by Gasteiger charge is -2.14. The first-order chi connectivity index (χ1) is 6.90. The average molecular weight is 285 g/mol. The second-order valence-electron chi connectivity index (χ2n) is 2.69. The van der Waals surface area contributed by atoms with Crippen molar-refractivity contribution in [1.29, 1.82) is 0 Å². The van der Waals surface area contributed by atoms with Crippen LogP contribution in [0.2, 0.25) is 0 Å². The Morgan fingerprint density at radius 2 is 1.73 bits per heavy atom. The summed E-state index contributed by atoms with van der Waals surface area (Å²) in [6.45, 7) is 0. The molecule has 0 spiro atoms. The second kappa shape index (κ2) is 4.30. The molecule has 1 aromatic rings. The summed E-state index contributed by atoms with van der Waals surface area (Å²) >= 11 is 2.99. The molecule has 1 rings (SSSR count). The largest absolute Gasteiger partial charge is 0.497 e. The molecule has 0 heterocycles. The summed E-state index contributed by atoms with van der Waals surface area (Å²) in [6, 6.07) is 2.30. The highest BCUT2D eigenvalue weighted by Crippen LogP contribution is 2.42. The van der Waals surface area contributed by atoms with E-state index in [-0.39, 0.29) is 16.0 Å². The summed E-state index contributed by atoms with van der Waals surface area (Å²) in [6.07, 6.45) is -4.47. The maximum atomic E-state index is 12.6. The monoisotopic (exact) mass is 284 g/mol. The lowest BCUT2D eigenvalue weighted by atomic mass is 10.2. The Bertz CT molecular complexity index is 363. The average Bonchev–Trinajstić information content (AvgIpc) is 2.15. The minimum absolute atomic E-state index is 0.120. The SMILES string of the molecule is COc1cc(Br)c(OC)c(C(F)(F)F)c1. The zero-order chi connectivity index (χ0) is 11.6. The third kappa shape index (κ3) is 2.56. The van der Waals surface area contributed by atoms with Gasteiger partial charge in [0.15, 0.2) is 0 Å². The van der Waals surface area contributed by atoms with Crippen LogP contribution < -0.4 is 9.47 Å². The van der Waals surface area contributed by atoms with E-state index >= 15 is 0 Å². The first kappa shape index (κ1) is 12.2. The molecule has 0 saturated heterocycles. The van der Waals surface area contributed by atoms with Crippen LogP contribution in [0.15, 0.2) is 16.6 Å². The molecule has 0 aliphatic heterocycles. The number of hydrogen-bond acceptors (Lipinski definition) is 2. The highest BCUT2D eigenvalue weighted by atomic mass is 79.9. The summed E-state index contributed by atoms with van der Waals surface area (Å²) in [5, 5.41) is 0. The summed E-state index contributed by atoms with van der Waals surface area (Å²) in [5.74, 6) is -0.127. The van der Waals surface area contributed by atoms with Gasteiger partial charge in [0.1, 0.15) is 17.1 Å². The maximum Gasteiger partial charge on any atom is 0.420 e. The molecule has 15 heavy (non-hydrogen) atoms. The standard InChI is InChI=1S/C9H8BrF3O2/c1-14-5-3-6(9(11,12)13)8(15-2)7(10)4-5/h3-4H,1-2H3. The lowest BCUT2D eigenvalue weighted by Crippen LogP contribution is -2.08. The first-order valence-electron chi connectivity index (χ1n) is 3.89. The molecule has 84 valence electrons. The fourth-order valence-corrected chi connectivity index (χ4v) is 1.71. The van der Waals surface area contributed by atoms with Crippen molar-refractivity contribution in [2.45, 2.75) is 6.18 Å². The van der Waals surface area contributed by atoms with Gasteiger partial charge in [-0.2, -0.15) is 13.2 Å². The molecular weight excluding hydrogens is 277 g/mol. The van der Waals surface area contributed by atoms with Gasteiger partial charge in [-0.3, -0.25) is 0 Å². The molecule has 0 saturated carbocycles. The van der Waals surface area contributed by atoms with Crippen LogP contribution >= 0.6 is 15.9 Å². The van der Waals surface area contributed by atoms with Crippen molar-refractivity contribution >= 4 is 15.9 Å². The third-order valence-electron chi connectivity index (χ3n) is 1.76. The summed E-state index contributed by atoms with van der Waals surface area (Å²) in [7, 11) is 2.48. The minimum Gasteiger partial charge on any atom is -0.497 e. The van der Waals surface area contributed by atoms with Crippen LogP contribution in [-0.4, -0.2) is 14.2 Å². The molecule has 0 radical (unpaired) electrons. The van der Waals surface area contributed by atoms with Gasteiger partial charge in [-0.1, -0.05) is 0 Å². The Morgan fingerprint density at radius 1 is 1.13 bits per heavy atom. The summed E-state index contributed by atoms with van der Waals surface area (Å²) in [5.41, 5.74) is -0.865. The van der Waals surface area contributed by atoms with Crippen LogP contribution in [0.1, 0.15) is 5.56 Å². The Balaban J connectivity index is 3.39. The maximum absolute atomic E-state index is 12.6. The van der Waals surface area contributed by atoms with Crippen molar-refractivity contribution in [3.05, 3.63) is 22.2 Å². The highest BCUT2D eigenvalue weighted by Gasteiger charge is 2.35. The number of methoxy groups -OCH3 is 2. The van der Waals surface area contributed by atoms with Gasteiger partial charge in [-0.25, -0.2) is 0 Å². The third-order valence-corrected chi connectivity index (χ3v) is 2.35. The van der Waals surface area contributed by atoms with Crippen molar-refractivity contribution in [1.82, 2.24) is 0 Å². The molecule has 0 fully saturated rings. The smallest absolute Gasteiger partial charge is 0.420 e. The van der Waals surface area contributed by atoms with Gasteiger partial charge in [-0.05, 0) is 28.1 Å². The van der Waals surface area contributed by atoms with E-state index in [0.717, 1.165) is 6.07 Å². The fourth-order valence-electron chi connectivity index (χ4n) is 1.10. The van der Waals surface area contributed by atoms with Crippen LogP contribution in [0.3, 0.4) is 0 Å². The predicted molar refractivity (Wildman–Crippen MR) is 52.2 cm³/mol. The normalized spacial score (nSPS) is 11.3. The molecule has 0 atom stereocenters. The van der Waals surface area contributed by atoms with E-state index in [9.17, 15) is 13.2 Å². The minimum atomic E-state index is -4.47. The molecule has 0 aromatic heterocycles. The zero-order valence-corrected chi connectivity index (χ0v) is 9.57. The molecule has 0 aliphatic carbocycles. The topological polar surface area (TPSA) is 18.5 Å². The van der Waals surface area contributed by atoms with Crippen molar-refractivity contribution in [3.8, 4) is 11.5 Å². The Labute approximate surface area is 93.1 Å². The van der Waals surface area contributed by atoms with E-state index in [2.05, 4.69) is 20.7 Å². The van der Waals surface area contributed by atoms with Gasteiger partial charge >= 0.3 is 6.18 Å². The van der Waals surface area contributed by atoms with Gasteiger partial charge in [-0.15, -0.1) is 0 Å². The van der Waals surface area contributed by atoms with E-state index in [4.69, 9.17) is 4.74 Å². The number of benzene rings is 1. The Kier molecular flexibility index (Phi) is 3.49. The molecule has 2 nitrogen and oxygen atoms in total. The van der Waals surface area contributed by atoms with E-state index in [1.165, 1.54) is 20.3 Å². The van der Waals surface area contributed by atoms with Crippen molar-refractivity contribution < 1.29 is 22.6 Å². The van der Waals surface area contributed by atoms with Gasteiger partial charge in [0.05, 0.1) is 18.7 Å². The zero-order valence-electron chi connectivity index (χ0n) is 7.98. The first-order valence-corrected chi connectivity index (χ1v) is 4.68. The van der Waals surface area contributed by atoms with Crippen LogP contribution in [0, 0.1) is 0 Å². The number of rotatable bonds is 2. The number of halogens is 4. The number of ether oxygens (including phenoxy) is 2. The molecular formula is C9H8BrF3O2. The molecule has 0 bridgehead atoms. The molecule has 1 aromatic carbocycles. The van der Waals surface area contributed by atoms with Crippen molar-refractivity contribution in [2.75, 3.05) is 14.2 Å². The second-order valence-corrected chi connectivity index (χ2v) is 3.54. The van der Waals surface area contributed by atoms with E-state index in [1.54, 1.807) is 0 Å². The molecule has 0 aliphatic rings. The van der Waals surface area contributed by atoms with E-state index in [0.29, 0.717) is 0 Å². The molecule has 0 amide bonds. The summed E-state index contributed by atoms with van der Waals surface area (Å²) in [4.78, 5) is 0. The number of alkyl halides is 3.